The Bertz CT molecular complexity index is 857. The third-order valence-corrected chi connectivity index (χ3v) is 5.23. The smallest absolute Gasteiger partial charge is 0.130 e. The van der Waals surface area contributed by atoms with E-state index in [1.807, 2.05) is 36.4 Å². The normalized spacial score (nSPS) is 16.0. The predicted molar refractivity (Wildman–Crippen MR) is 102 cm³/mol. The molecule has 0 bridgehead atoms. The van der Waals surface area contributed by atoms with Gasteiger partial charge in [0.15, 0.2) is 0 Å². The zero-order valence-corrected chi connectivity index (χ0v) is 14.8. The van der Waals surface area contributed by atoms with Crippen LogP contribution in [0.1, 0.15) is 43.0 Å². The van der Waals surface area contributed by atoms with E-state index < -0.39 is 0 Å². The minimum atomic E-state index is -0.0197. The number of hydrogen-bond acceptors (Lipinski definition) is 4. The summed E-state index contributed by atoms with van der Waals surface area (Å²) in [5.74, 6) is 6.91. The summed E-state index contributed by atoms with van der Waals surface area (Å²) in [6.45, 7) is 0.448. The average molecular weight is 348 g/mol. The molecule has 2 aromatic carbocycles. The molecule has 0 amide bonds. The number of aromatic nitrogens is 1. The highest BCUT2D eigenvalue weighted by Gasteiger charge is 2.26. The monoisotopic (exact) mass is 348 g/mol. The number of pyridine rings is 1. The summed E-state index contributed by atoms with van der Waals surface area (Å²) in [4.78, 5) is 9.92. The fourth-order valence-electron chi connectivity index (χ4n) is 3.82. The Morgan fingerprint density at radius 1 is 0.962 bits per heavy atom. The number of hydrogen-bond donors (Lipinski definition) is 1. The van der Waals surface area contributed by atoms with Crippen LogP contribution in [0.4, 0.5) is 0 Å². The zero-order chi connectivity index (χ0) is 17.8. The number of fused-ring (bicyclic) bond motifs is 1. The molecule has 4 rings (SSSR count). The van der Waals surface area contributed by atoms with E-state index in [0.717, 1.165) is 27.9 Å². The molecule has 4 heteroatoms. The Kier molecular flexibility index (Phi) is 5.14. The summed E-state index contributed by atoms with van der Waals surface area (Å²) >= 11 is 0. The highest BCUT2D eigenvalue weighted by Crippen LogP contribution is 2.37. The molecule has 134 valence electrons. The first-order valence-corrected chi connectivity index (χ1v) is 9.26. The Hall–Kier alpha value is -2.43. The van der Waals surface area contributed by atoms with Crippen molar-refractivity contribution in [2.75, 3.05) is 0 Å². The number of nitrogens with two attached hydrogens (primary N) is 1. The Morgan fingerprint density at radius 2 is 1.73 bits per heavy atom. The van der Waals surface area contributed by atoms with Crippen LogP contribution in [-0.4, -0.2) is 4.98 Å². The number of ether oxygens (including phenoxy) is 1. The maximum atomic E-state index is 5.90. The van der Waals surface area contributed by atoms with E-state index in [0.29, 0.717) is 12.5 Å². The lowest BCUT2D eigenvalue weighted by Gasteiger charge is -2.21. The van der Waals surface area contributed by atoms with Crippen LogP contribution in [0.5, 0.6) is 5.75 Å². The molecule has 0 radical (unpaired) electrons. The van der Waals surface area contributed by atoms with E-state index in [1.54, 1.807) is 0 Å². The van der Waals surface area contributed by atoms with Gasteiger partial charge in [-0.1, -0.05) is 49.2 Å². The molecule has 1 unspecified atom stereocenters. The van der Waals surface area contributed by atoms with Gasteiger partial charge < -0.3 is 4.74 Å². The highest BCUT2D eigenvalue weighted by molar-refractivity contribution is 5.78. The second-order valence-corrected chi connectivity index (χ2v) is 6.95. The van der Waals surface area contributed by atoms with E-state index in [2.05, 4.69) is 29.2 Å². The van der Waals surface area contributed by atoms with Crippen LogP contribution in [0.3, 0.4) is 0 Å². The van der Waals surface area contributed by atoms with Crippen LogP contribution in [0.2, 0.25) is 0 Å². The molecule has 3 aromatic rings. The van der Waals surface area contributed by atoms with E-state index in [9.17, 15) is 0 Å². The lowest BCUT2D eigenvalue weighted by atomic mass is 9.94. The lowest BCUT2D eigenvalue weighted by molar-refractivity contribution is 0.0112. The molecule has 1 aliphatic carbocycles. The topological polar surface area (TPSA) is 57.4 Å². The summed E-state index contributed by atoms with van der Waals surface area (Å²) in [6.07, 6.45) is 4.89. The molecule has 1 aliphatic rings. The Balaban J connectivity index is 1.41. The van der Waals surface area contributed by atoms with Crippen molar-refractivity contribution in [3.63, 3.8) is 0 Å². The van der Waals surface area contributed by atoms with E-state index in [1.165, 1.54) is 25.7 Å². The van der Waals surface area contributed by atoms with Crippen molar-refractivity contribution in [1.82, 2.24) is 4.98 Å². The van der Waals surface area contributed by atoms with E-state index in [-0.39, 0.29) is 6.10 Å². The molecule has 0 saturated heterocycles. The van der Waals surface area contributed by atoms with Crippen LogP contribution in [0, 0.1) is 5.92 Å². The van der Waals surface area contributed by atoms with Gasteiger partial charge in [-0.15, -0.1) is 0 Å². The third kappa shape index (κ3) is 3.71. The molecular formula is C22H24N2O2. The van der Waals surface area contributed by atoms with Crippen molar-refractivity contribution in [3.05, 3.63) is 71.9 Å². The predicted octanol–water partition coefficient (Wildman–Crippen LogP) is 4.94. The lowest BCUT2D eigenvalue weighted by Crippen LogP contribution is -2.17. The maximum absolute atomic E-state index is 5.90. The molecule has 1 aromatic heterocycles. The van der Waals surface area contributed by atoms with Crippen molar-refractivity contribution < 1.29 is 9.57 Å². The van der Waals surface area contributed by atoms with Gasteiger partial charge in [-0.25, -0.2) is 10.9 Å². The summed E-state index contributed by atoms with van der Waals surface area (Å²) < 4.78 is 5.90. The largest absolute Gasteiger partial charge is 0.487 e. The minimum Gasteiger partial charge on any atom is -0.487 e. The highest BCUT2D eigenvalue weighted by atomic mass is 16.6. The van der Waals surface area contributed by atoms with Crippen LogP contribution in [0.25, 0.3) is 10.9 Å². The van der Waals surface area contributed by atoms with Gasteiger partial charge in [-0.05, 0) is 48.6 Å². The molecule has 0 spiro atoms. The number of benzene rings is 2. The van der Waals surface area contributed by atoms with Gasteiger partial charge in [-0.2, -0.15) is 0 Å². The van der Waals surface area contributed by atoms with Gasteiger partial charge in [0.05, 0.1) is 11.2 Å². The Labute approximate surface area is 153 Å². The van der Waals surface area contributed by atoms with Gasteiger partial charge in [0.2, 0.25) is 0 Å². The van der Waals surface area contributed by atoms with Crippen molar-refractivity contribution in [3.8, 4) is 5.75 Å². The standard InChI is InChI=1S/C22H24N2O2/c23-26-22(17-6-1-2-7-17)18-10-13-20(14-11-18)25-15-19-12-9-16-5-3-4-8-21(16)24-19/h3-5,8-14,17,22H,1-2,6-7,15,23H2. The number of para-hydroxylation sites is 1. The fraction of sp³-hybridized carbons (Fsp3) is 0.318. The van der Waals surface area contributed by atoms with Crippen LogP contribution < -0.4 is 10.6 Å². The second-order valence-electron chi connectivity index (χ2n) is 6.95. The number of rotatable bonds is 6. The average Bonchev–Trinajstić information content (AvgIpc) is 3.22. The second kappa shape index (κ2) is 7.85. The summed E-state index contributed by atoms with van der Waals surface area (Å²) in [7, 11) is 0. The van der Waals surface area contributed by atoms with Crippen molar-refractivity contribution >= 4 is 10.9 Å². The molecule has 4 nitrogen and oxygen atoms in total. The SMILES string of the molecule is NOC(c1ccc(OCc2ccc3ccccc3n2)cc1)C1CCCC1. The zero-order valence-electron chi connectivity index (χ0n) is 14.8. The molecule has 2 N–H and O–H groups in total. The molecule has 1 atom stereocenters. The molecule has 1 heterocycles. The van der Waals surface area contributed by atoms with Gasteiger partial charge in [0.25, 0.3) is 0 Å². The van der Waals surface area contributed by atoms with Crippen molar-refractivity contribution in [2.24, 2.45) is 11.8 Å². The summed E-state index contributed by atoms with van der Waals surface area (Å²) in [6, 6.07) is 20.3. The summed E-state index contributed by atoms with van der Waals surface area (Å²) in [5, 5.41) is 1.14. The minimum absolute atomic E-state index is 0.0197. The fourth-order valence-corrected chi connectivity index (χ4v) is 3.82. The first-order valence-electron chi connectivity index (χ1n) is 9.26. The van der Waals surface area contributed by atoms with Crippen LogP contribution >= 0.6 is 0 Å². The number of nitrogens with zero attached hydrogens (tertiary/aromatic N) is 1. The van der Waals surface area contributed by atoms with Crippen LogP contribution in [0.15, 0.2) is 60.7 Å². The first-order chi connectivity index (χ1) is 12.8. The quantitative estimate of drug-likeness (QED) is 0.641. The molecule has 1 saturated carbocycles. The Morgan fingerprint density at radius 3 is 2.50 bits per heavy atom. The van der Waals surface area contributed by atoms with Gasteiger partial charge in [0, 0.05) is 5.39 Å². The third-order valence-electron chi connectivity index (χ3n) is 5.23. The van der Waals surface area contributed by atoms with Gasteiger partial charge in [-0.3, -0.25) is 4.84 Å². The molecular weight excluding hydrogens is 324 g/mol. The first kappa shape index (κ1) is 17.0. The maximum Gasteiger partial charge on any atom is 0.130 e. The van der Waals surface area contributed by atoms with Crippen LogP contribution in [-0.2, 0) is 11.4 Å². The molecule has 26 heavy (non-hydrogen) atoms. The van der Waals surface area contributed by atoms with E-state index in [4.69, 9.17) is 15.5 Å². The van der Waals surface area contributed by atoms with E-state index >= 15 is 0 Å². The van der Waals surface area contributed by atoms with Gasteiger partial charge in [0.1, 0.15) is 18.5 Å². The summed E-state index contributed by atoms with van der Waals surface area (Å²) in [5.41, 5.74) is 3.03. The van der Waals surface area contributed by atoms with Gasteiger partial charge >= 0.3 is 0 Å². The molecule has 1 fully saturated rings. The van der Waals surface area contributed by atoms with Crippen molar-refractivity contribution in [1.29, 1.82) is 0 Å². The van der Waals surface area contributed by atoms with Crippen molar-refractivity contribution in [2.45, 2.75) is 38.4 Å². The molecule has 0 aliphatic heterocycles.